The zero-order valence-corrected chi connectivity index (χ0v) is 20.5. The van der Waals surface area contributed by atoms with Crippen molar-refractivity contribution < 1.29 is 28.7 Å². The number of carbonyl (C=O) groups excluding carboxylic acids is 5. The number of thioether (sulfide) groups is 1. The van der Waals surface area contributed by atoms with Gasteiger partial charge in [-0.15, -0.1) is 0 Å². The maximum Gasteiger partial charge on any atom is 0.329 e. The van der Waals surface area contributed by atoms with E-state index in [1.54, 1.807) is 12.1 Å². The van der Waals surface area contributed by atoms with Gasteiger partial charge in [-0.25, -0.2) is 9.59 Å². The monoisotopic (exact) mass is 489 g/mol. The zero-order valence-electron chi connectivity index (χ0n) is 19.7. The number of esters is 1. The average molecular weight is 490 g/mol. The van der Waals surface area contributed by atoms with E-state index >= 15 is 0 Å². The number of hydrogen-bond acceptors (Lipinski definition) is 7. The van der Waals surface area contributed by atoms with E-state index in [9.17, 15) is 24.0 Å². The third-order valence-electron chi connectivity index (χ3n) is 6.63. The summed E-state index contributed by atoms with van der Waals surface area (Å²) < 4.78 is 5.11. The highest BCUT2D eigenvalue weighted by molar-refractivity contribution is 7.98. The molecule has 1 aromatic rings. The van der Waals surface area contributed by atoms with E-state index in [1.807, 2.05) is 6.26 Å². The Morgan fingerprint density at radius 3 is 2.38 bits per heavy atom. The molecule has 184 valence electrons. The van der Waals surface area contributed by atoms with Crippen molar-refractivity contribution in [1.82, 2.24) is 15.5 Å². The van der Waals surface area contributed by atoms with Gasteiger partial charge in [-0.3, -0.25) is 24.6 Å². The minimum atomic E-state index is -1.16. The lowest BCUT2D eigenvalue weighted by Gasteiger charge is -2.34. The van der Waals surface area contributed by atoms with Gasteiger partial charge in [0.25, 0.3) is 17.7 Å². The highest BCUT2D eigenvalue weighted by Crippen LogP contribution is 2.29. The minimum Gasteiger partial charge on any atom is -0.454 e. The number of hydrogen-bond donors (Lipinski definition) is 2. The van der Waals surface area contributed by atoms with Gasteiger partial charge in [0.1, 0.15) is 6.04 Å². The fourth-order valence-corrected chi connectivity index (χ4v) is 4.92. The van der Waals surface area contributed by atoms with E-state index in [2.05, 4.69) is 24.5 Å². The van der Waals surface area contributed by atoms with Crippen LogP contribution < -0.4 is 10.6 Å². The molecule has 2 aliphatic rings. The molecule has 5 amide bonds. The maximum atomic E-state index is 12.8. The number of imide groups is 2. The number of amides is 5. The van der Waals surface area contributed by atoms with Crippen molar-refractivity contribution >= 4 is 41.5 Å². The van der Waals surface area contributed by atoms with E-state index in [4.69, 9.17) is 4.74 Å². The largest absolute Gasteiger partial charge is 0.454 e. The Kier molecular flexibility index (Phi) is 8.71. The third-order valence-corrected chi connectivity index (χ3v) is 7.27. The molecule has 4 atom stereocenters. The number of ether oxygens (including phenoxy) is 1. The first-order chi connectivity index (χ1) is 16.2. The summed E-state index contributed by atoms with van der Waals surface area (Å²) in [4.78, 5) is 63.7. The predicted octanol–water partition coefficient (Wildman–Crippen LogP) is 2.60. The average Bonchev–Trinajstić information content (AvgIpc) is 3.06. The Morgan fingerprint density at radius 2 is 1.76 bits per heavy atom. The van der Waals surface area contributed by atoms with E-state index < -0.39 is 42.4 Å². The normalized spacial score (nSPS) is 22.7. The number of nitrogens with zero attached hydrogens (tertiary/aromatic N) is 1. The summed E-state index contributed by atoms with van der Waals surface area (Å²) >= 11 is 1.45. The molecule has 1 aromatic carbocycles. The second-order valence-electron chi connectivity index (χ2n) is 8.83. The summed E-state index contributed by atoms with van der Waals surface area (Å²) in [6, 6.07) is 4.54. The van der Waals surface area contributed by atoms with E-state index in [1.165, 1.54) is 23.9 Å². The molecule has 1 aliphatic heterocycles. The Bertz CT molecular complexity index is 933. The highest BCUT2D eigenvalue weighted by Gasteiger charge is 2.43. The van der Waals surface area contributed by atoms with Crippen LogP contribution in [-0.2, 0) is 14.3 Å². The molecule has 34 heavy (non-hydrogen) atoms. The van der Waals surface area contributed by atoms with Crippen LogP contribution >= 0.6 is 11.8 Å². The second kappa shape index (κ2) is 11.5. The molecule has 0 radical (unpaired) electrons. The van der Waals surface area contributed by atoms with Crippen LogP contribution in [0.25, 0.3) is 0 Å². The first kappa shape index (κ1) is 25.7. The Balaban J connectivity index is 1.56. The van der Waals surface area contributed by atoms with Crippen LogP contribution in [0.1, 0.15) is 60.2 Å². The van der Waals surface area contributed by atoms with Crippen LogP contribution in [-0.4, -0.2) is 65.3 Å². The molecule has 1 heterocycles. The number of urea groups is 1. The molecular weight excluding hydrogens is 458 g/mol. The van der Waals surface area contributed by atoms with Crippen LogP contribution in [0.2, 0.25) is 0 Å². The smallest absolute Gasteiger partial charge is 0.329 e. The highest BCUT2D eigenvalue weighted by atomic mass is 32.2. The Hall–Kier alpha value is -2.88. The van der Waals surface area contributed by atoms with Crippen molar-refractivity contribution in [2.75, 3.05) is 18.6 Å². The van der Waals surface area contributed by atoms with Crippen LogP contribution in [0.15, 0.2) is 24.3 Å². The van der Waals surface area contributed by atoms with E-state index in [-0.39, 0.29) is 23.6 Å². The molecule has 1 fully saturated rings. The van der Waals surface area contributed by atoms with Crippen molar-refractivity contribution in [3.05, 3.63) is 35.4 Å². The first-order valence-corrected chi connectivity index (χ1v) is 12.9. The Morgan fingerprint density at radius 1 is 1.12 bits per heavy atom. The fourth-order valence-electron chi connectivity index (χ4n) is 4.46. The van der Waals surface area contributed by atoms with Crippen molar-refractivity contribution in [2.45, 2.75) is 51.6 Å². The fraction of sp³-hybridized carbons (Fsp3) is 0.542. The van der Waals surface area contributed by atoms with Crippen LogP contribution in [0.4, 0.5) is 4.79 Å². The molecule has 0 spiro atoms. The summed E-state index contributed by atoms with van der Waals surface area (Å²) in [5.74, 6) is -1.51. The molecule has 3 rings (SSSR count). The summed E-state index contributed by atoms with van der Waals surface area (Å²) in [6.07, 6.45) is 4.99. The number of nitrogens with one attached hydrogen (secondary N) is 2. The van der Waals surface area contributed by atoms with Gasteiger partial charge < -0.3 is 10.1 Å². The molecule has 0 bridgehead atoms. The quantitative estimate of drug-likeness (QED) is 0.425. The second-order valence-corrected chi connectivity index (χ2v) is 9.81. The molecule has 2 N–H and O–H groups in total. The lowest BCUT2D eigenvalue weighted by atomic mass is 9.78. The van der Waals surface area contributed by atoms with Gasteiger partial charge in [0.05, 0.1) is 11.1 Å². The van der Waals surface area contributed by atoms with E-state index in [0.29, 0.717) is 17.6 Å². The minimum absolute atomic E-state index is 0.0242. The molecule has 1 aliphatic carbocycles. The molecule has 4 unspecified atom stereocenters. The molecule has 10 heteroatoms. The standard InChI is InChI=1S/C24H31N3O6S/c1-14-7-6-10-18(15(14)2)25-24(32)26-20(28)13-33-23(31)19(11-12-34-3)27-21(29)16-8-4-5-9-17(16)22(27)30/h4-5,8-9,14-15,18-19H,6-7,10-13H2,1-3H3,(H2,25,26,28,32). The Labute approximate surface area is 203 Å². The number of fused-ring (bicyclic) bond motifs is 1. The van der Waals surface area contributed by atoms with Gasteiger partial charge in [0, 0.05) is 6.04 Å². The molecule has 1 saturated carbocycles. The molecule has 9 nitrogen and oxygen atoms in total. The van der Waals surface area contributed by atoms with E-state index in [0.717, 1.165) is 24.2 Å². The topological polar surface area (TPSA) is 122 Å². The van der Waals surface area contributed by atoms with Gasteiger partial charge in [-0.05, 0) is 48.8 Å². The zero-order chi connectivity index (χ0) is 24.8. The third kappa shape index (κ3) is 5.78. The van der Waals surface area contributed by atoms with Gasteiger partial charge in [-0.1, -0.05) is 38.8 Å². The maximum absolute atomic E-state index is 12.8. The molecular formula is C24H31N3O6S. The van der Waals surface area contributed by atoms with Gasteiger partial charge in [0.2, 0.25) is 0 Å². The van der Waals surface area contributed by atoms with Gasteiger partial charge >= 0.3 is 12.0 Å². The molecule has 0 saturated heterocycles. The lowest BCUT2D eigenvalue weighted by molar-refractivity contribution is -0.152. The van der Waals surface area contributed by atoms with Crippen molar-refractivity contribution in [3.8, 4) is 0 Å². The predicted molar refractivity (Wildman–Crippen MR) is 127 cm³/mol. The number of rotatable bonds is 8. The summed E-state index contributed by atoms with van der Waals surface area (Å²) in [6.45, 7) is 3.52. The van der Waals surface area contributed by atoms with Crippen molar-refractivity contribution in [3.63, 3.8) is 0 Å². The summed E-state index contributed by atoms with van der Waals surface area (Å²) in [7, 11) is 0. The number of carbonyl (C=O) groups is 5. The van der Waals surface area contributed by atoms with Crippen LogP contribution in [0.3, 0.4) is 0 Å². The van der Waals surface area contributed by atoms with Gasteiger partial charge in [-0.2, -0.15) is 11.8 Å². The molecule has 0 aromatic heterocycles. The lowest BCUT2D eigenvalue weighted by Crippen LogP contribution is -2.50. The van der Waals surface area contributed by atoms with Crippen LogP contribution in [0, 0.1) is 11.8 Å². The first-order valence-electron chi connectivity index (χ1n) is 11.5. The van der Waals surface area contributed by atoms with Crippen molar-refractivity contribution in [2.24, 2.45) is 11.8 Å². The SMILES string of the molecule is CSCCC(C(=O)OCC(=O)NC(=O)NC1CCCC(C)C1C)N1C(=O)c2ccccc2C1=O. The van der Waals surface area contributed by atoms with Gasteiger partial charge in [0.15, 0.2) is 6.61 Å². The van der Waals surface area contributed by atoms with Crippen LogP contribution in [0.5, 0.6) is 0 Å². The summed E-state index contributed by atoms with van der Waals surface area (Å²) in [5.41, 5.74) is 0.463. The van der Waals surface area contributed by atoms with Crippen molar-refractivity contribution in [1.29, 1.82) is 0 Å². The number of benzene rings is 1. The summed E-state index contributed by atoms with van der Waals surface area (Å²) in [5, 5.41) is 5.01.